The summed E-state index contributed by atoms with van der Waals surface area (Å²) in [5, 5.41) is 7.30. The van der Waals surface area contributed by atoms with Gasteiger partial charge in [-0.25, -0.2) is 0 Å². The number of hydrogen-bond donors (Lipinski definition) is 1. The van der Waals surface area contributed by atoms with Crippen LogP contribution in [0.1, 0.15) is 29.7 Å². The third-order valence-corrected chi connectivity index (χ3v) is 4.47. The van der Waals surface area contributed by atoms with E-state index in [0.717, 1.165) is 29.2 Å². The van der Waals surface area contributed by atoms with Crippen molar-refractivity contribution in [1.29, 1.82) is 0 Å². The van der Waals surface area contributed by atoms with Gasteiger partial charge in [-0.3, -0.25) is 0 Å². The van der Waals surface area contributed by atoms with Crippen LogP contribution in [0.3, 0.4) is 0 Å². The van der Waals surface area contributed by atoms with Gasteiger partial charge < -0.3 is 14.4 Å². The molecule has 0 bridgehead atoms. The zero-order valence-electron chi connectivity index (χ0n) is 14.9. The van der Waals surface area contributed by atoms with Crippen molar-refractivity contribution >= 4 is 0 Å². The van der Waals surface area contributed by atoms with Crippen LogP contribution in [0.2, 0.25) is 0 Å². The Hall–Kier alpha value is -2.40. The Morgan fingerprint density at radius 3 is 2.67 bits per heavy atom. The average molecular weight is 324 g/mol. The first-order chi connectivity index (χ1) is 11.5. The summed E-state index contributed by atoms with van der Waals surface area (Å²) >= 11 is 0. The van der Waals surface area contributed by atoms with Gasteiger partial charge in [0.1, 0.15) is 0 Å². The van der Waals surface area contributed by atoms with Gasteiger partial charge in [0.15, 0.2) is 5.82 Å². The molecule has 3 aromatic rings. The van der Waals surface area contributed by atoms with Crippen molar-refractivity contribution in [2.75, 3.05) is 7.05 Å². The van der Waals surface area contributed by atoms with E-state index in [4.69, 9.17) is 4.52 Å². The second-order valence-electron chi connectivity index (χ2n) is 6.32. The first kappa shape index (κ1) is 16.5. The van der Waals surface area contributed by atoms with Crippen LogP contribution < -0.4 is 5.32 Å². The summed E-state index contributed by atoms with van der Waals surface area (Å²) < 4.78 is 7.75. The molecule has 5 heteroatoms. The lowest BCUT2D eigenvalue weighted by molar-refractivity contribution is 0.418. The summed E-state index contributed by atoms with van der Waals surface area (Å²) in [6.45, 7) is 8.41. The Bertz CT molecular complexity index is 847. The van der Waals surface area contributed by atoms with Crippen LogP contribution in [0.5, 0.6) is 0 Å². The van der Waals surface area contributed by atoms with E-state index in [9.17, 15) is 0 Å². The molecule has 0 aliphatic heterocycles. The second kappa shape index (κ2) is 6.61. The van der Waals surface area contributed by atoms with Gasteiger partial charge in [-0.2, -0.15) is 4.98 Å². The Kier molecular flexibility index (Phi) is 4.53. The van der Waals surface area contributed by atoms with Crippen LogP contribution in [0.25, 0.3) is 17.1 Å². The molecular weight excluding hydrogens is 300 g/mol. The number of likely N-dealkylation sites (N-methyl/N-ethyl adjacent to an activating group) is 1. The largest absolute Gasteiger partial charge is 0.334 e. The summed E-state index contributed by atoms with van der Waals surface area (Å²) in [4.78, 5) is 4.57. The highest BCUT2D eigenvalue weighted by Crippen LogP contribution is 2.29. The molecule has 0 amide bonds. The van der Waals surface area contributed by atoms with Crippen molar-refractivity contribution in [3.63, 3.8) is 0 Å². The molecule has 0 fully saturated rings. The highest BCUT2D eigenvalue weighted by molar-refractivity contribution is 5.61. The van der Waals surface area contributed by atoms with Crippen LogP contribution in [-0.2, 0) is 6.42 Å². The molecule has 0 aliphatic rings. The van der Waals surface area contributed by atoms with Gasteiger partial charge in [-0.1, -0.05) is 23.4 Å². The molecule has 2 heterocycles. The molecule has 1 atom stereocenters. The first-order valence-electron chi connectivity index (χ1n) is 8.26. The monoisotopic (exact) mass is 324 g/mol. The topological polar surface area (TPSA) is 55.9 Å². The van der Waals surface area contributed by atoms with Gasteiger partial charge in [-0.05, 0) is 52.4 Å². The van der Waals surface area contributed by atoms with E-state index in [2.05, 4.69) is 78.1 Å². The maximum Gasteiger partial charge on any atom is 0.259 e. The lowest BCUT2D eigenvalue weighted by atomic mass is 10.2. The minimum atomic E-state index is 0.315. The quantitative estimate of drug-likeness (QED) is 0.779. The van der Waals surface area contributed by atoms with Crippen molar-refractivity contribution in [3.8, 4) is 17.1 Å². The molecule has 1 aromatic carbocycles. The highest BCUT2D eigenvalue weighted by Gasteiger charge is 2.18. The molecule has 0 saturated heterocycles. The number of aryl methyl sites for hydroxylation is 2. The van der Waals surface area contributed by atoms with Crippen LogP contribution in [-0.4, -0.2) is 27.8 Å². The van der Waals surface area contributed by atoms with E-state index in [1.807, 2.05) is 7.05 Å². The predicted octanol–water partition coefficient (Wildman–Crippen LogP) is 3.60. The van der Waals surface area contributed by atoms with Crippen LogP contribution in [0.4, 0.5) is 0 Å². The SMILES string of the molecule is CNC(C)Cc1noc(-c2cc(C)n(-c3ccccc3C)c2C)n1. The smallest absolute Gasteiger partial charge is 0.259 e. The number of rotatable bonds is 5. The number of nitrogens with one attached hydrogen (secondary N) is 1. The number of aromatic nitrogens is 3. The summed E-state index contributed by atoms with van der Waals surface area (Å²) in [7, 11) is 1.93. The predicted molar refractivity (Wildman–Crippen MR) is 95.5 cm³/mol. The van der Waals surface area contributed by atoms with E-state index < -0.39 is 0 Å². The standard InChI is InChI=1S/C19H24N4O/c1-12-8-6-7-9-17(12)23-14(3)11-16(15(23)4)19-21-18(22-24-19)10-13(2)20-5/h6-9,11,13,20H,10H2,1-5H3. The molecule has 1 unspecified atom stereocenters. The number of hydrogen-bond acceptors (Lipinski definition) is 4. The van der Waals surface area contributed by atoms with Crippen molar-refractivity contribution in [2.45, 2.75) is 40.2 Å². The fraction of sp³-hybridized carbons (Fsp3) is 0.368. The van der Waals surface area contributed by atoms with E-state index in [1.165, 1.54) is 11.3 Å². The molecule has 1 N–H and O–H groups in total. The molecule has 24 heavy (non-hydrogen) atoms. The van der Waals surface area contributed by atoms with E-state index >= 15 is 0 Å². The van der Waals surface area contributed by atoms with Gasteiger partial charge in [0.05, 0.1) is 5.56 Å². The molecule has 0 aliphatic carbocycles. The normalized spacial score (nSPS) is 12.5. The molecule has 3 rings (SSSR count). The van der Waals surface area contributed by atoms with Crippen molar-refractivity contribution in [1.82, 2.24) is 20.0 Å². The van der Waals surface area contributed by atoms with E-state index in [0.29, 0.717) is 11.9 Å². The Balaban J connectivity index is 1.99. The summed E-state index contributed by atoms with van der Waals surface area (Å²) in [6.07, 6.45) is 0.747. The summed E-state index contributed by atoms with van der Waals surface area (Å²) in [5.41, 5.74) is 5.67. The third kappa shape index (κ3) is 2.99. The van der Waals surface area contributed by atoms with E-state index in [-0.39, 0.29) is 0 Å². The Morgan fingerprint density at radius 1 is 1.21 bits per heavy atom. The van der Waals surface area contributed by atoms with Crippen molar-refractivity contribution in [3.05, 3.63) is 53.1 Å². The molecular formula is C19H24N4O. The highest BCUT2D eigenvalue weighted by atomic mass is 16.5. The zero-order valence-corrected chi connectivity index (χ0v) is 14.9. The third-order valence-electron chi connectivity index (χ3n) is 4.47. The zero-order chi connectivity index (χ0) is 17.3. The fourth-order valence-electron chi connectivity index (χ4n) is 2.99. The van der Waals surface area contributed by atoms with Crippen LogP contribution in [0.15, 0.2) is 34.9 Å². The molecule has 0 saturated carbocycles. The lowest BCUT2D eigenvalue weighted by Crippen LogP contribution is -2.24. The van der Waals surface area contributed by atoms with Crippen LogP contribution >= 0.6 is 0 Å². The molecule has 126 valence electrons. The minimum Gasteiger partial charge on any atom is -0.334 e. The molecule has 0 radical (unpaired) electrons. The van der Waals surface area contributed by atoms with Crippen molar-refractivity contribution < 1.29 is 4.52 Å². The summed E-state index contributed by atoms with van der Waals surface area (Å²) in [6, 6.07) is 10.8. The maximum atomic E-state index is 5.51. The average Bonchev–Trinajstić information content (AvgIpc) is 3.13. The minimum absolute atomic E-state index is 0.315. The Morgan fingerprint density at radius 2 is 1.96 bits per heavy atom. The van der Waals surface area contributed by atoms with Gasteiger partial charge in [-0.15, -0.1) is 0 Å². The van der Waals surface area contributed by atoms with Crippen LogP contribution in [0, 0.1) is 20.8 Å². The summed E-state index contributed by atoms with van der Waals surface area (Å²) in [5.74, 6) is 1.31. The lowest BCUT2D eigenvalue weighted by Gasteiger charge is -2.12. The van der Waals surface area contributed by atoms with Gasteiger partial charge in [0.25, 0.3) is 5.89 Å². The Labute approximate surface area is 142 Å². The van der Waals surface area contributed by atoms with Gasteiger partial charge in [0.2, 0.25) is 0 Å². The van der Waals surface area contributed by atoms with Gasteiger partial charge >= 0.3 is 0 Å². The molecule has 2 aromatic heterocycles. The van der Waals surface area contributed by atoms with Crippen molar-refractivity contribution in [2.24, 2.45) is 0 Å². The first-order valence-corrected chi connectivity index (χ1v) is 8.26. The van der Waals surface area contributed by atoms with E-state index in [1.54, 1.807) is 0 Å². The number of para-hydroxylation sites is 1. The second-order valence-corrected chi connectivity index (χ2v) is 6.32. The van der Waals surface area contributed by atoms with Gasteiger partial charge in [0, 0.05) is 29.5 Å². The fourth-order valence-corrected chi connectivity index (χ4v) is 2.99. The number of nitrogens with zero attached hydrogens (tertiary/aromatic N) is 3. The molecule has 0 spiro atoms. The molecule has 5 nitrogen and oxygen atoms in total. The number of benzene rings is 1. The maximum absolute atomic E-state index is 5.51.